The molecule has 2 N–H and O–H groups in total. The molecule has 1 aliphatic rings. The molecule has 0 saturated carbocycles. The fourth-order valence-electron chi connectivity index (χ4n) is 7.66. The van der Waals surface area contributed by atoms with Gasteiger partial charge in [-0.2, -0.15) is 0 Å². The molecule has 1 aliphatic carbocycles. The van der Waals surface area contributed by atoms with Gasteiger partial charge in [-0.15, -0.1) is 11.3 Å². The average Bonchev–Trinajstić information content (AvgIpc) is 3.75. The first-order valence-electron chi connectivity index (χ1n) is 26.8. The lowest BCUT2D eigenvalue weighted by atomic mass is 9.87. The van der Waals surface area contributed by atoms with Crippen molar-refractivity contribution in [3.8, 4) is 0 Å². The Morgan fingerprint density at radius 3 is 1.45 bits per heavy atom. The zero-order valence-corrected chi connectivity index (χ0v) is 44.0. The third kappa shape index (κ3) is 35.0. The molecule has 0 spiro atoms. The van der Waals surface area contributed by atoms with E-state index in [1.165, 1.54) is 36.3 Å². The molecule has 0 saturated heterocycles. The molecular formula is C62H91N3O3S. The van der Waals surface area contributed by atoms with Gasteiger partial charge in [-0.05, 0) is 134 Å². The maximum Gasteiger partial charge on any atom is 0.220 e. The summed E-state index contributed by atoms with van der Waals surface area (Å²) < 4.78 is 0. The van der Waals surface area contributed by atoms with Crippen molar-refractivity contribution in [3.63, 3.8) is 0 Å². The number of amides is 2. The Hall–Kier alpha value is -4.88. The van der Waals surface area contributed by atoms with Gasteiger partial charge in [-0.3, -0.25) is 14.4 Å². The second-order valence-electron chi connectivity index (χ2n) is 17.7. The topological polar surface area (TPSA) is 88.2 Å². The van der Waals surface area contributed by atoms with Crippen molar-refractivity contribution < 1.29 is 14.4 Å². The summed E-state index contributed by atoms with van der Waals surface area (Å²) in [6, 6.07) is -0.565. The van der Waals surface area contributed by atoms with Gasteiger partial charge in [0.2, 0.25) is 11.8 Å². The van der Waals surface area contributed by atoms with Crippen LogP contribution in [0.25, 0.3) is 0 Å². The van der Waals surface area contributed by atoms with Gasteiger partial charge in [0, 0.05) is 24.3 Å². The number of rotatable bonds is 40. The minimum absolute atomic E-state index is 0.0197. The number of carbonyl (C=O) groups excluding carboxylic acids is 3. The van der Waals surface area contributed by atoms with Gasteiger partial charge in [0.05, 0.1) is 18.2 Å². The van der Waals surface area contributed by atoms with E-state index in [0.717, 1.165) is 108 Å². The highest BCUT2D eigenvalue weighted by atomic mass is 32.1. The SMILES string of the molecule is CC/C=C\C/C=C\C/C=C\C/C=C\C/C=C\C/C=C\CCC(=O)NCCCC[C@H](NC(=O)CC/C=C\C/C=C\C/C=C\C/C=C\C/C=C\C/C=C\CC)C(=O)Cc1nc2c(s1)C[C@H](CCCC)CC2. The van der Waals surface area contributed by atoms with Crippen LogP contribution in [0.1, 0.15) is 184 Å². The number of aromatic nitrogens is 1. The van der Waals surface area contributed by atoms with Crippen molar-refractivity contribution in [2.24, 2.45) is 5.92 Å². The van der Waals surface area contributed by atoms with E-state index in [1.807, 2.05) is 0 Å². The maximum atomic E-state index is 13.8. The van der Waals surface area contributed by atoms with E-state index in [2.05, 4.69) is 177 Å². The van der Waals surface area contributed by atoms with Crippen LogP contribution in [0.4, 0.5) is 0 Å². The molecular weight excluding hydrogens is 867 g/mol. The number of fused-ring (bicyclic) bond motifs is 1. The Morgan fingerprint density at radius 1 is 0.565 bits per heavy atom. The number of hydrogen-bond acceptors (Lipinski definition) is 5. The third-order valence-electron chi connectivity index (χ3n) is 11.6. The van der Waals surface area contributed by atoms with Crippen LogP contribution in [0, 0.1) is 5.92 Å². The Morgan fingerprint density at radius 2 is 1.00 bits per heavy atom. The highest BCUT2D eigenvalue weighted by molar-refractivity contribution is 7.11. The maximum absolute atomic E-state index is 13.8. The third-order valence-corrected chi connectivity index (χ3v) is 12.7. The summed E-state index contributed by atoms with van der Waals surface area (Å²) in [4.78, 5) is 45.7. The van der Waals surface area contributed by atoms with E-state index in [9.17, 15) is 14.4 Å². The summed E-state index contributed by atoms with van der Waals surface area (Å²) in [6.07, 6.45) is 75.2. The molecule has 1 aromatic rings. The molecule has 1 heterocycles. The van der Waals surface area contributed by atoms with Gasteiger partial charge in [0.25, 0.3) is 0 Å². The van der Waals surface area contributed by atoms with E-state index >= 15 is 0 Å². The number of Topliss-reactive ketones (excluding diaryl/α,β-unsaturated/α-hetero) is 1. The van der Waals surface area contributed by atoms with Gasteiger partial charge < -0.3 is 10.6 Å². The molecule has 0 fully saturated rings. The zero-order valence-electron chi connectivity index (χ0n) is 43.2. The van der Waals surface area contributed by atoms with Crippen molar-refractivity contribution in [3.05, 3.63) is 161 Å². The van der Waals surface area contributed by atoms with Gasteiger partial charge in [0.1, 0.15) is 5.01 Å². The minimum atomic E-state index is -0.565. The van der Waals surface area contributed by atoms with Crippen LogP contribution in [0.3, 0.4) is 0 Å². The average molecular weight is 958 g/mol. The second kappa shape index (κ2) is 44.3. The first kappa shape index (κ1) is 60.2. The highest BCUT2D eigenvalue weighted by Gasteiger charge is 2.25. The van der Waals surface area contributed by atoms with Crippen LogP contribution in [0.2, 0.25) is 0 Å². The van der Waals surface area contributed by atoms with Crippen molar-refractivity contribution >= 4 is 28.9 Å². The number of thiazole rings is 1. The molecule has 0 unspecified atom stereocenters. The standard InChI is InChI=1S/C62H91N3O3S/c1-4-7-10-12-14-16-18-20-22-24-26-28-30-32-34-36-38-40-42-48-60(67)63-52-45-44-47-56(58(66)54-62-65-57-51-50-55(46-9-6-3)53-59(57)69-62)64-61(68)49-43-41-39-37-35-33-31-29-27-25-23-21-19-17-15-13-11-8-5-2/h7-8,10-11,14-17,20-23,26-29,32-35,38-41,55-56H,4-6,9,12-13,18-19,24-25,30-31,36-37,42-54H2,1-3H3,(H,63,67)(H,64,68)/b10-7-,11-8-,16-14-,17-15-,22-20-,23-21-,28-26-,29-27-,34-32-,35-33-,40-38-,41-39-/t55-,56+/m1/s1. The Labute approximate surface area is 424 Å². The van der Waals surface area contributed by atoms with Crippen LogP contribution < -0.4 is 10.6 Å². The molecule has 7 heteroatoms. The largest absolute Gasteiger partial charge is 0.356 e. The fourth-order valence-corrected chi connectivity index (χ4v) is 8.90. The Bertz CT molecular complexity index is 1880. The predicted molar refractivity (Wildman–Crippen MR) is 300 cm³/mol. The molecule has 2 atom stereocenters. The van der Waals surface area contributed by atoms with Crippen molar-refractivity contribution in [1.82, 2.24) is 15.6 Å². The van der Waals surface area contributed by atoms with Crippen molar-refractivity contribution in [1.29, 1.82) is 0 Å². The number of carbonyl (C=O) groups is 3. The van der Waals surface area contributed by atoms with Crippen LogP contribution in [0.15, 0.2) is 146 Å². The predicted octanol–water partition coefficient (Wildman–Crippen LogP) is 16.3. The molecule has 0 radical (unpaired) electrons. The second-order valence-corrected chi connectivity index (χ2v) is 18.9. The fraction of sp³-hybridized carbons (Fsp3) is 0.516. The summed E-state index contributed by atoms with van der Waals surface area (Å²) >= 11 is 1.69. The first-order chi connectivity index (χ1) is 34.0. The molecule has 1 aromatic heterocycles. The molecule has 2 amide bonds. The lowest BCUT2D eigenvalue weighted by Crippen LogP contribution is -2.41. The number of unbranched alkanes of at least 4 members (excludes halogenated alkanes) is 2. The lowest BCUT2D eigenvalue weighted by Gasteiger charge is -2.20. The highest BCUT2D eigenvalue weighted by Crippen LogP contribution is 2.33. The normalized spacial score (nSPS) is 15.4. The summed E-state index contributed by atoms with van der Waals surface area (Å²) in [5.41, 5.74) is 1.17. The van der Waals surface area contributed by atoms with Crippen LogP contribution in [-0.2, 0) is 33.6 Å². The number of allylic oxidation sites excluding steroid dienone is 24. The number of nitrogens with zero attached hydrogens (tertiary/aromatic N) is 1. The van der Waals surface area contributed by atoms with Crippen LogP contribution in [-0.4, -0.2) is 35.2 Å². The quantitative estimate of drug-likeness (QED) is 0.0507. The van der Waals surface area contributed by atoms with E-state index in [0.29, 0.717) is 44.6 Å². The van der Waals surface area contributed by atoms with Crippen LogP contribution in [0.5, 0.6) is 0 Å². The summed E-state index contributed by atoms with van der Waals surface area (Å²) in [7, 11) is 0. The molecule has 0 aliphatic heterocycles. The van der Waals surface area contributed by atoms with E-state index < -0.39 is 6.04 Å². The smallest absolute Gasteiger partial charge is 0.220 e. The molecule has 2 rings (SSSR count). The van der Waals surface area contributed by atoms with Crippen LogP contribution >= 0.6 is 11.3 Å². The van der Waals surface area contributed by atoms with E-state index in [4.69, 9.17) is 4.98 Å². The lowest BCUT2D eigenvalue weighted by molar-refractivity contribution is -0.127. The summed E-state index contributed by atoms with van der Waals surface area (Å²) in [6.45, 7) is 7.11. The zero-order chi connectivity index (χ0) is 49.5. The first-order valence-corrected chi connectivity index (χ1v) is 27.6. The molecule has 69 heavy (non-hydrogen) atoms. The van der Waals surface area contributed by atoms with Crippen molar-refractivity contribution in [2.75, 3.05) is 6.54 Å². The Kier molecular flexibility index (Phi) is 38.7. The van der Waals surface area contributed by atoms with Gasteiger partial charge in [-0.25, -0.2) is 4.98 Å². The summed E-state index contributed by atoms with van der Waals surface area (Å²) in [5, 5.41) is 6.99. The molecule has 378 valence electrons. The Balaban J connectivity index is 1.71. The van der Waals surface area contributed by atoms with E-state index in [-0.39, 0.29) is 24.0 Å². The number of nitrogens with one attached hydrogen (secondary N) is 2. The van der Waals surface area contributed by atoms with Gasteiger partial charge in [0.15, 0.2) is 5.78 Å². The van der Waals surface area contributed by atoms with E-state index in [1.54, 1.807) is 11.3 Å². The number of aryl methyl sites for hydroxylation is 1. The minimum Gasteiger partial charge on any atom is -0.356 e. The molecule has 0 aromatic carbocycles. The van der Waals surface area contributed by atoms with Crippen molar-refractivity contribution in [2.45, 2.75) is 194 Å². The molecule has 6 nitrogen and oxygen atoms in total. The molecule has 0 bridgehead atoms. The number of hydrogen-bond donors (Lipinski definition) is 2. The monoisotopic (exact) mass is 958 g/mol. The summed E-state index contributed by atoms with van der Waals surface area (Å²) in [5.74, 6) is 0.667. The number of ketones is 1. The van der Waals surface area contributed by atoms with Gasteiger partial charge >= 0.3 is 0 Å². The van der Waals surface area contributed by atoms with Gasteiger partial charge in [-0.1, -0.05) is 186 Å².